The van der Waals surface area contributed by atoms with Crippen LogP contribution in [0.15, 0.2) is 12.3 Å². The lowest BCUT2D eigenvalue weighted by molar-refractivity contribution is 0.0145. The summed E-state index contributed by atoms with van der Waals surface area (Å²) in [6.07, 6.45) is 6.20. The largest absolute Gasteiger partial charge is 0.497 e. The Morgan fingerprint density at radius 2 is 2.04 bits per heavy atom. The van der Waals surface area contributed by atoms with Gasteiger partial charge in [-0.05, 0) is 39.7 Å². The van der Waals surface area contributed by atoms with Crippen LogP contribution in [0.25, 0.3) is 0 Å². The summed E-state index contributed by atoms with van der Waals surface area (Å²) < 4.78 is 11.0. The van der Waals surface area contributed by atoms with Crippen molar-refractivity contribution in [3.8, 4) is 0 Å². The highest BCUT2D eigenvalue weighted by molar-refractivity contribution is 5.68. The molecule has 23 heavy (non-hydrogen) atoms. The van der Waals surface area contributed by atoms with Gasteiger partial charge in [-0.25, -0.2) is 4.79 Å². The fraction of sp³-hybridized carbons (Fsp3) is 0.824. The number of carbonyl (C=O) groups is 1. The molecule has 0 aromatic rings. The van der Waals surface area contributed by atoms with Crippen LogP contribution < -0.4 is 5.32 Å². The quantitative estimate of drug-likeness (QED) is 0.782. The van der Waals surface area contributed by atoms with E-state index in [2.05, 4.69) is 16.3 Å². The van der Waals surface area contributed by atoms with Crippen molar-refractivity contribution in [2.75, 3.05) is 45.8 Å². The molecule has 0 bridgehead atoms. The molecular weight excluding hydrogens is 294 g/mol. The maximum atomic E-state index is 12.0. The van der Waals surface area contributed by atoms with Crippen LogP contribution in [0.2, 0.25) is 0 Å². The smallest absolute Gasteiger partial charge is 0.410 e. The molecule has 2 aliphatic rings. The second-order valence-electron chi connectivity index (χ2n) is 7.22. The van der Waals surface area contributed by atoms with Gasteiger partial charge in [0.2, 0.25) is 0 Å². The molecule has 0 aliphatic carbocycles. The van der Waals surface area contributed by atoms with Crippen molar-refractivity contribution in [1.82, 2.24) is 15.1 Å². The Labute approximate surface area is 139 Å². The predicted molar refractivity (Wildman–Crippen MR) is 90.4 cm³/mol. The minimum atomic E-state index is -0.422. The van der Waals surface area contributed by atoms with Crippen LogP contribution in [-0.2, 0) is 9.47 Å². The van der Waals surface area contributed by atoms with Gasteiger partial charge in [0.15, 0.2) is 0 Å². The van der Waals surface area contributed by atoms with E-state index in [1.54, 1.807) is 4.90 Å². The zero-order valence-electron chi connectivity index (χ0n) is 14.7. The molecule has 1 amide bonds. The second kappa shape index (κ2) is 8.55. The Morgan fingerprint density at radius 3 is 2.65 bits per heavy atom. The molecule has 1 atom stereocenters. The molecule has 132 valence electrons. The van der Waals surface area contributed by atoms with Crippen molar-refractivity contribution in [1.29, 1.82) is 0 Å². The van der Waals surface area contributed by atoms with Crippen molar-refractivity contribution in [3.63, 3.8) is 0 Å². The predicted octanol–water partition coefficient (Wildman–Crippen LogP) is 1.82. The van der Waals surface area contributed by atoms with Crippen LogP contribution in [0.1, 0.15) is 33.6 Å². The Kier molecular flexibility index (Phi) is 6.72. The van der Waals surface area contributed by atoms with Gasteiger partial charge in [0.25, 0.3) is 0 Å². The zero-order chi connectivity index (χ0) is 16.7. The van der Waals surface area contributed by atoms with Crippen LogP contribution >= 0.6 is 0 Å². The van der Waals surface area contributed by atoms with Gasteiger partial charge in [-0.3, -0.25) is 4.90 Å². The van der Waals surface area contributed by atoms with E-state index in [0.29, 0.717) is 6.10 Å². The van der Waals surface area contributed by atoms with E-state index in [-0.39, 0.29) is 6.09 Å². The van der Waals surface area contributed by atoms with E-state index >= 15 is 0 Å². The molecule has 1 saturated heterocycles. The highest BCUT2D eigenvalue weighted by Gasteiger charge is 2.25. The van der Waals surface area contributed by atoms with Crippen molar-refractivity contribution < 1.29 is 14.3 Å². The number of amides is 1. The van der Waals surface area contributed by atoms with Gasteiger partial charge in [-0.2, -0.15) is 0 Å². The summed E-state index contributed by atoms with van der Waals surface area (Å²) in [5, 5.41) is 3.46. The van der Waals surface area contributed by atoms with Gasteiger partial charge in [0, 0.05) is 45.8 Å². The number of carbonyl (C=O) groups excluding carboxylic acids is 1. The van der Waals surface area contributed by atoms with Crippen molar-refractivity contribution >= 4 is 6.09 Å². The monoisotopic (exact) mass is 325 g/mol. The van der Waals surface area contributed by atoms with Gasteiger partial charge in [0.05, 0.1) is 6.26 Å². The minimum Gasteiger partial charge on any atom is -0.497 e. The zero-order valence-corrected chi connectivity index (χ0v) is 14.7. The molecule has 6 heteroatoms. The number of hydrogen-bond donors (Lipinski definition) is 1. The first-order valence-corrected chi connectivity index (χ1v) is 8.65. The molecule has 1 unspecified atom stereocenters. The average molecular weight is 325 g/mol. The van der Waals surface area contributed by atoms with Crippen molar-refractivity contribution in [3.05, 3.63) is 12.3 Å². The number of piperazine rings is 1. The lowest BCUT2D eigenvalue weighted by Crippen LogP contribution is -2.51. The Hall–Kier alpha value is -1.27. The van der Waals surface area contributed by atoms with Crippen LogP contribution in [0.4, 0.5) is 4.79 Å². The number of ether oxygens (including phenoxy) is 2. The third kappa shape index (κ3) is 6.79. The maximum absolute atomic E-state index is 12.0. The van der Waals surface area contributed by atoms with E-state index in [1.165, 1.54) is 0 Å². The topological polar surface area (TPSA) is 54.0 Å². The summed E-state index contributed by atoms with van der Waals surface area (Å²) in [4.78, 5) is 16.2. The Morgan fingerprint density at radius 1 is 1.30 bits per heavy atom. The van der Waals surface area contributed by atoms with E-state index in [1.807, 2.05) is 27.0 Å². The van der Waals surface area contributed by atoms with Gasteiger partial charge in [-0.1, -0.05) is 0 Å². The molecule has 0 aromatic heterocycles. The maximum Gasteiger partial charge on any atom is 0.410 e. The van der Waals surface area contributed by atoms with Crippen LogP contribution in [0.5, 0.6) is 0 Å². The van der Waals surface area contributed by atoms with Gasteiger partial charge in [0.1, 0.15) is 11.7 Å². The van der Waals surface area contributed by atoms with E-state index in [9.17, 15) is 4.79 Å². The standard InChI is InChI=1S/C17H31N3O3/c1-17(2,3)23-16(21)20-11-9-19(10-12-20)8-7-18-14-15-6-4-5-13-22-15/h5,13,15,18H,4,6-12,14H2,1-3H3. The molecule has 2 rings (SSSR count). The first-order valence-electron chi connectivity index (χ1n) is 8.65. The fourth-order valence-electron chi connectivity index (χ4n) is 2.72. The molecule has 2 heterocycles. The summed E-state index contributed by atoms with van der Waals surface area (Å²) >= 11 is 0. The molecule has 0 aromatic carbocycles. The SMILES string of the molecule is CC(C)(C)OC(=O)N1CCN(CCNCC2CCC=CO2)CC1. The number of hydrogen-bond acceptors (Lipinski definition) is 5. The third-order valence-corrected chi connectivity index (χ3v) is 4.02. The van der Waals surface area contributed by atoms with Crippen molar-refractivity contribution in [2.24, 2.45) is 0 Å². The molecule has 1 N–H and O–H groups in total. The van der Waals surface area contributed by atoms with Gasteiger partial charge < -0.3 is 19.7 Å². The number of allylic oxidation sites excluding steroid dienone is 1. The fourth-order valence-corrected chi connectivity index (χ4v) is 2.72. The molecular formula is C17H31N3O3. The first kappa shape index (κ1) is 18.1. The highest BCUT2D eigenvalue weighted by Crippen LogP contribution is 2.12. The summed E-state index contributed by atoms with van der Waals surface area (Å²) in [5.74, 6) is 0. The molecule has 6 nitrogen and oxygen atoms in total. The number of nitrogens with zero attached hydrogens (tertiary/aromatic N) is 2. The molecule has 0 saturated carbocycles. The summed E-state index contributed by atoms with van der Waals surface area (Å²) in [6.45, 7) is 11.9. The Balaban J connectivity index is 1.56. The van der Waals surface area contributed by atoms with Crippen LogP contribution in [0, 0.1) is 0 Å². The first-order chi connectivity index (χ1) is 10.9. The summed E-state index contributed by atoms with van der Waals surface area (Å²) in [5.41, 5.74) is -0.422. The van der Waals surface area contributed by atoms with Gasteiger partial charge >= 0.3 is 6.09 Å². The highest BCUT2D eigenvalue weighted by atomic mass is 16.6. The molecule has 0 spiro atoms. The van der Waals surface area contributed by atoms with Crippen LogP contribution in [0.3, 0.4) is 0 Å². The summed E-state index contributed by atoms with van der Waals surface area (Å²) in [7, 11) is 0. The lowest BCUT2D eigenvalue weighted by Gasteiger charge is -2.35. The average Bonchev–Trinajstić information content (AvgIpc) is 2.51. The number of nitrogens with one attached hydrogen (secondary N) is 1. The molecule has 2 aliphatic heterocycles. The second-order valence-corrected chi connectivity index (χ2v) is 7.22. The normalized spacial score (nSPS) is 22.7. The van der Waals surface area contributed by atoms with E-state index in [4.69, 9.17) is 9.47 Å². The Bertz CT molecular complexity index is 398. The third-order valence-electron chi connectivity index (χ3n) is 4.02. The lowest BCUT2D eigenvalue weighted by atomic mass is 10.1. The number of rotatable bonds is 5. The summed E-state index contributed by atoms with van der Waals surface area (Å²) in [6, 6.07) is 0. The van der Waals surface area contributed by atoms with Crippen LogP contribution in [-0.4, -0.2) is 73.4 Å². The van der Waals surface area contributed by atoms with E-state index < -0.39 is 5.60 Å². The minimum absolute atomic E-state index is 0.197. The van der Waals surface area contributed by atoms with Gasteiger partial charge in [-0.15, -0.1) is 0 Å². The molecule has 0 radical (unpaired) electrons. The molecule has 1 fully saturated rings. The van der Waals surface area contributed by atoms with E-state index in [0.717, 1.165) is 58.7 Å². The van der Waals surface area contributed by atoms with Crippen molar-refractivity contribution in [2.45, 2.75) is 45.3 Å².